The predicted octanol–water partition coefficient (Wildman–Crippen LogP) is 4.81. The number of carbonyl (C=O) groups excluding carboxylic acids is 6. The first-order valence-corrected chi connectivity index (χ1v) is 29.5. The molecule has 20 atom stereocenters. The third-order valence-electron chi connectivity index (χ3n) is 17.4. The van der Waals surface area contributed by atoms with Gasteiger partial charge in [0.15, 0.2) is 18.0 Å². The highest BCUT2D eigenvalue weighted by Gasteiger charge is 2.53. The molecule has 2 bridgehead atoms. The minimum atomic E-state index is -2.50. The van der Waals surface area contributed by atoms with Crippen LogP contribution < -0.4 is 0 Å². The maximum Gasteiger partial charge on any atom is 0.511 e. The van der Waals surface area contributed by atoms with Gasteiger partial charge in [0.1, 0.15) is 42.3 Å². The highest BCUT2D eigenvalue weighted by Crippen LogP contribution is 2.38. The smallest absolute Gasteiger partial charge is 0.460 e. The second-order valence-corrected chi connectivity index (χ2v) is 23.5. The van der Waals surface area contributed by atoms with Gasteiger partial charge in [-0.1, -0.05) is 71.1 Å². The van der Waals surface area contributed by atoms with E-state index in [2.05, 4.69) is 0 Å². The van der Waals surface area contributed by atoms with Crippen molar-refractivity contribution in [3.05, 3.63) is 47.6 Å². The zero-order valence-electron chi connectivity index (χ0n) is 50.5. The number of hydrogen-bond acceptors (Lipinski definition) is 21. The first kappa shape index (κ1) is 69.5. The highest BCUT2D eigenvalue weighted by molar-refractivity contribution is 6.39. The van der Waals surface area contributed by atoms with Crippen molar-refractivity contribution in [1.29, 1.82) is 0 Å². The fourth-order valence-electron chi connectivity index (χ4n) is 12.3. The summed E-state index contributed by atoms with van der Waals surface area (Å²) in [6.45, 7) is 11.5. The van der Waals surface area contributed by atoms with E-state index in [1.807, 2.05) is 51.2 Å². The molecule has 2 unspecified atom stereocenters. The van der Waals surface area contributed by atoms with Crippen LogP contribution in [-0.4, -0.2) is 206 Å². The Hall–Kier alpha value is -4.30. The number of Topliss-reactive ketones (excluding diaryl/α,β-unsaturated/α-hetero) is 3. The number of carbonyl (C=O) groups is 6. The zero-order valence-corrected chi connectivity index (χ0v) is 50.5. The van der Waals surface area contributed by atoms with Gasteiger partial charge in [0.05, 0.1) is 44.2 Å². The Morgan fingerprint density at radius 3 is 2.20 bits per heavy atom. The molecule has 5 rings (SSSR count). The van der Waals surface area contributed by atoms with Crippen molar-refractivity contribution in [2.45, 2.75) is 211 Å². The van der Waals surface area contributed by atoms with Gasteiger partial charge in [0.2, 0.25) is 12.1 Å². The van der Waals surface area contributed by atoms with Crippen LogP contribution in [0.15, 0.2) is 47.6 Å². The fraction of sp³-hybridized carbons (Fsp3) is 0.770. The first-order valence-electron chi connectivity index (χ1n) is 29.5. The molecule has 22 nitrogen and oxygen atoms in total. The van der Waals surface area contributed by atoms with E-state index in [0.29, 0.717) is 57.8 Å². The number of nitrogens with zero attached hydrogens (tertiary/aromatic N) is 1. The maximum atomic E-state index is 14.7. The number of aliphatic hydroxyl groups is 5. The number of aliphatic hydroxyl groups excluding tert-OH is 4. The second kappa shape index (κ2) is 33.0. The third-order valence-corrected chi connectivity index (χ3v) is 17.4. The predicted molar refractivity (Wildman–Crippen MR) is 300 cm³/mol. The van der Waals surface area contributed by atoms with Crippen molar-refractivity contribution in [3.63, 3.8) is 0 Å². The molecule has 1 amide bonds. The van der Waals surface area contributed by atoms with Crippen LogP contribution in [0.1, 0.15) is 126 Å². The summed E-state index contributed by atoms with van der Waals surface area (Å²) in [6, 6.07) is -1.24. The van der Waals surface area contributed by atoms with E-state index in [-0.39, 0.29) is 68.6 Å². The molecular formula is C61H95NO21. The average Bonchev–Trinajstić information content (AvgIpc) is 3.36. The maximum absolute atomic E-state index is 14.7. The molecule has 4 fully saturated rings. The lowest BCUT2D eigenvalue weighted by Gasteiger charge is -2.42. The summed E-state index contributed by atoms with van der Waals surface area (Å²) in [7, 11) is 5.61. The summed E-state index contributed by atoms with van der Waals surface area (Å²) < 4.78 is 58.3. The largest absolute Gasteiger partial charge is 0.511 e. The first-order chi connectivity index (χ1) is 39.5. The molecule has 0 aromatic heterocycles. The summed E-state index contributed by atoms with van der Waals surface area (Å²) in [5.74, 6) is -9.44. The molecule has 470 valence electrons. The second-order valence-electron chi connectivity index (χ2n) is 23.5. The molecule has 0 radical (unpaired) electrons. The third kappa shape index (κ3) is 18.4. The quantitative estimate of drug-likeness (QED) is 0.0939. The minimum absolute atomic E-state index is 0.0191. The molecule has 0 aromatic carbocycles. The number of fused-ring (bicyclic) bond motifs is 3. The molecule has 0 aromatic rings. The van der Waals surface area contributed by atoms with Crippen molar-refractivity contribution >= 4 is 35.4 Å². The normalized spacial score (nSPS) is 39.7. The van der Waals surface area contributed by atoms with Gasteiger partial charge < -0.3 is 77.8 Å². The monoisotopic (exact) mass is 1180 g/mol. The summed E-state index contributed by atoms with van der Waals surface area (Å²) in [6.07, 6.45) is 0.605. The number of ketones is 3. The van der Waals surface area contributed by atoms with Gasteiger partial charge in [-0.15, -0.1) is 0 Å². The number of hydrogen-bond donors (Lipinski definition) is 5. The number of rotatable bonds is 13. The van der Waals surface area contributed by atoms with Crippen LogP contribution in [0, 0.1) is 35.5 Å². The summed E-state index contributed by atoms with van der Waals surface area (Å²) >= 11 is 0. The number of ether oxygens (including phenoxy) is 10. The van der Waals surface area contributed by atoms with Crippen LogP contribution in [0.3, 0.4) is 0 Å². The van der Waals surface area contributed by atoms with Crippen LogP contribution in [0.2, 0.25) is 0 Å². The van der Waals surface area contributed by atoms with Crippen LogP contribution in [0.5, 0.6) is 0 Å². The van der Waals surface area contributed by atoms with Crippen LogP contribution in [0.4, 0.5) is 4.79 Å². The lowest BCUT2D eigenvalue weighted by atomic mass is 9.78. The van der Waals surface area contributed by atoms with Crippen molar-refractivity contribution < 1.29 is 102 Å². The fourth-order valence-corrected chi connectivity index (χ4v) is 12.3. The topological polar surface area (TPSA) is 299 Å². The van der Waals surface area contributed by atoms with Gasteiger partial charge in [0, 0.05) is 65.6 Å². The van der Waals surface area contributed by atoms with Gasteiger partial charge in [-0.2, -0.15) is 0 Å². The molecule has 5 N–H and O–H groups in total. The van der Waals surface area contributed by atoms with E-state index in [1.54, 1.807) is 41.9 Å². The van der Waals surface area contributed by atoms with Gasteiger partial charge in [0.25, 0.3) is 11.7 Å². The Bertz CT molecular complexity index is 2270. The Balaban J connectivity index is 1.55. The van der Waals surface area contributed by atoms with Crippen LogP contribution in [0.25, 0.3) is 0 Å². The number of cyclic esters (lactones) is 1. The number of methoxy groups -OCH3 is 4. The summed E-state index contributed by atoms with van der Waals surface area (Å²) in [5, 5.41) is 52.7. The summed E-state index contributed by atoms with van der Waals surface area (Å²) in [5.41, 5.74) is 1.02. The average molecular weight is 1180 g/mol. The Labute approximate surface area is 489 Å². The van der Waals surface area contributed by atoms with Crippen molar-refractivity contribution in [3.8, 4) is 0 Å². The minimum Gasteiger partial charge on any atom is -0.460 e. The van der Waals surface area contributed by atoms with E-state index in [9.17, 15) is 54.3 Å². The molecule has 4 aliphatic heterocycles. The van der Waals surface area contributed by atoms with Gasteiger partial charge in [-0.3, -0.25) is 19.2 Å². The van der Waals surface area contributed by atoms with E-state index in [1.165, 1.54) is 20.3 Å². The molecule has 5 aliphatic rings. The Morgan fingerprint density at radius 2 is 1.54 bits per heavy atom. The molecule has 22 heteroatoms. The number of piperidine rings is 1. The molecule has 4 heterocycles. The molecule has 1 saturated carbocycles. The van der Waals surface area contributed by atoms with Crippen LogP contribution in [-0.2, 0) is 71.3 Å². The number of allylic oxidation sites excluding steroid dienone is 6. The van der Waals surface area contributed by atoms with E-state index in [4.69, 9.17) is 47.4 Å². The van der Waals surface area contributed by atoms with Crippen LogP contribution >= 0.6 is 0 Å². The van der Waals surface area contributed by atoms with E-state index in [0.717, 1.165) is 10.5 Å². The zero-order chi connectivity index (χ0) is 61.3. The molecule has 83 heavy (non-hydrogen) atoms. The van der Waals surface area contributed by atoms with Gasteiger partial charge in [-0.25, -0.2) is 9.59 Å². The lowest BCUT2D eigenvalue weighted by molar-refractivity contribution is -0.294. The molecular weight excluding hydrogens is 1080 g/mol. The standard InChI is InChI=1S/C61H95NO21/c1-34-17-13-12-14-18-35(2)46(74-8)31-42-22-20-40(7)61(73,83-42)56(69)57(70)62-24-16-15-19-43(62)58(71)79-47(37(4)29-41-21-23-45(78-26-25-63)48(30-41)75-9)32-44(65)36(3)28-39(6)53(54(76-10)50(66)38(5)27-34)81-60(72)82-59-55(77-11)52(68)51(67)49(33-64)80-59/h12-14,17-18,28,34,36-38,40-43,45-49,51-55,59,63-64,67-68,73H,15-16,19-27,29-33H2,1-11H3/b14-12+,17-13-,35-18+,39-28+/t34-,36-,37-,38-,40-,41?,42+,43?,45-,46+,47+,48-,49+,51+,52-,53-,54+,55+,59-,61-/m1/s1. The molecule has 1 aliphatic carbocycles. The van der Waals surface area contributed by atoms with Gasteiger partial charge in [-0.05, 0) is 107 Å². The number of esters is 1. The lowest BCUT2D eigenvalue weighted by Crippen LogP contribution is -2.61. The highest BCUT2D eigenvalue weighted by atomic mass is 16.8. The van der Waals surface area contributed by atoms with Crippen molar-refractivity contribution in [1.82, 2.24) is 4.90 Å². The van der Waals surface area contributed by atoms with Gasteiger partial charge >= 0.3 is 12.1 Å². The Kier molecular flexibility index (Phi) is 27.6. The Morgan fingerprint density at radius 1 is 0.807 bits per heavy atom. The number of amides is 1. The van der Waals surface area contributed by atoms with Crippen molar-refractivity contribution in [2.75, 3.05) is 54.8 Å². The SMILES string of the molecule is CO[C@@H]1[C@@H](OC(=O)O[C@@H]2/C(C)=C/[C@@H](C)C(=O)C[C@@H]([C@H](C)CC3CC[C@@H](OCCO)[C@H](OC)C3)OC(=O)C3CCCCN3C(=O)C(=O)[C@]3(O)O[C@@H](CC[C@H]3C)C[C@H](OC)/C(C)=C/C=C/C=C\[C@@H](C)C[C@@H](C)C(=O)[C@@H]2OC)O[C@@H](CO)[C@H](O)[C@H]1O. The van der Waals surface area contributed by atoms with E-state index < -0.39 is 139 Å². The summed E-state index contributed by atoms with van der Waals surface area (Å²) in [4.78, 5) is 87.9. The van der Waals surface area contributed by atoms with E-state index >= 15 is 0 Å². The molecule has 3 saturated heterocycles. The van der Waals surface area contributed by atoms with Crippen molar-refractivity contribution in [2.24, 2.45) is 35.5 Å². The molecule has 0 spiro atoms.